The molecule has 0 aromatic rings. The lowest BCUT2D eigenvalue weighted by Gasteiger charge is -2.21. The number of hydrogen-bond donors (Lipinski definition) is 2. The molecular weight excluding hydrogens is 204 g/mol. The van der Waals surface area contributed by atoms with Gasteiger partial charge in [0.25, 0.3) is 5.24 Å². The second kappa shape index (κ2) is 4.08. The van der Waals surface area contributed by atoms with Crippen LogP contribution in [0.5, 0.6) is 0 Å². The van der Waals surface area contributed by atoms with Crippen molar-refractivity contribution in [1.29, 1.82) is 0 Å². The van der Waals surface area contributed by atoms with Crippen LogP contribution in [0.2, 0.25) is 0 Å². The molecule has 1 rings (SSSR count). The maximum Gasteiger partial charge on any atom is 0.409 e. The Labute approximate surface area is 86.9 Å². The Bertz CT molecular complexity index is 249. The molecule has 0 saturated carbocycles. The average molecular weight is 218 g/mol. The fourth-order valence-electron chi connectivity index (χ4n) is 0.912. The first-order valence-corrected chi connectivity index (χ1v) is 5.28. The molecule has 0 bridgehead atoms. The van der Waals surface area contributed by atoms with E-state index in [-0.39, 0.29) is 11.4 Å². The number of nitrogens with one attached hydrogen (secondary N) is 2. The normalized spacial score (nSPS) is 21.6. The molecule has 0 radical (unpaired) electrons. The molecule has 80 valence electrons. The molecule has 0 spiro atoms. The smallest absolute Gasteiger partial charge is 0.409 e. The Morgan fingerprint density at radius 3 is 2.71 bits per heavy atom. The fraction of sp³-hybridized carbons (Fsp3) is 0.750. The van der Waals surface area contributed by atoms with Crippen molar-refractivity contribution in [3.63, 3.8) is 0 Å². The van der Waals surface area contributed by atoms with E-state index in [4.69, 9.17) is 4.74 Å². The molecule has 0 aromatic carbocycles. The van der Waals surface area contributed by atoms with E-state index in [1.54, 1.807) is 20.8 Å². The Balaban J connectivity index is 2.31. The summed E-state index contributed by atoms with van der Waals surface area (Å²) in [5.41, 5.74) is -0.514. The fourth-order valence-corrected chi connectivity index (χ4v) is 1.62. The summed E-state index contributed by atoms with van der Waals surface area (Å²) < 4.78 is 5.02. The predicted octanol–water partition coefficient (Wildman–Crippen LogP) is 1.29. The molecule has 2 N–H and O–H groups in total. The van der Waals surface area contributed by atoms with E-state index in [1.165, 1.54) is 0 Å². The summed E-state index contributed by atoms with van der Waals surface area (Å²) in [6, 6.07) is 0. The summed E-state index contributed by atoms with van der Waals surface area (Å²) >= 11 is 1.15. The van der Waals surface area contributed by atoms with Gasteiger partial charge in [-0.1, -0.05) is 11.8 Å². The van der Waals surface area contributed by atoms with Gasteiger partial charge in [-0.3, -0.25) is 4.79 Å². The van der Waals surface area contributed by atoms with Crippen molar-refractivity contribution in [3.8, 4) is 0 Å². The van der Waals surface area contributed by atoms with Crippen molar-refractivity contribution >= 4 is 23.1 Å². The topological polar surface area (TPSA) is 67.4 Å². The second-order valence-electron chi connectivity index (χ2n) is 3.94. The third-order valence-corrected chi connectivity index (χ3v) is 2.24. The van der Waals surface area contributed by atoms with Crippen LogP contribution in [0.25, 0.3) is 0 Å². The summed E-state index contributed by atoms with van der Waals surface area (Å²) in [7, 11) is 0. The van der Waals surface area contributed by atoms with Gasteiger partial charge in [-0.2, -0.15) is 0 Å². The van der Waals surface area contributed by atoms with Gasteiger partial charge in [-0.15, -0.1) is 0 Å². The van der Waals surface area contributed by atoms with Crippen molar-refractivity contribution in [2.24, 2.45) is 0 Å². The molecule has 5 nitrogen and oxygen atoms in total. The van der Waals surface area contributed by atoms with Gasteiger partial charge in [0.1, 0.15) is 11.8 Å². The van der Waals surface area contributed by atoms with Gasteiger partial charge in [0, 0.05) is 5.75 Å². The van der Waals surface area contributed by atoms with Crippen LogP contribution in [0.3, 0.4) is 0 Å². The van der Waals surface area contributed by atoms with Crippen molar-refractivity contribution in [2.45, 2.75) is 32.5 Å². The minimum atomic E-state index is -0.514. The first kappa shape index (κ1) is 11.2. The van der Waals surface area contributed by atoms with E-state index < -0.39 is 11.7 Å². The number of hydrogen-bond acceptors (Lipinski definition) is 4. The van der Waals surface area contributed by atoms with Gasteiger partial charge in [-0.05, 0) is 20.8 Å². The summed E-state index contributed by atoms with van der Waals surface area (Å²) in [4.78, 5) is 22.0. The predicted molar refractivity (Wildman–Crippen MR) is 54.1 cm³/mol. The van der Waals surface area contributed by atoms with Gasteiger partial charge in [0.05, 0.1) is 0 Å². The Morgan fingerprint density at radius 1 is 1.64 bits per heavy atom. The number of amides is 2. The molecule has 1 saturated heterocycles. The van der Waals surface area contributed by atoms with Crippen LogP contribution < -0.4 is 10.6 Å². The van der Waals surface area contributed by atoms with Crippen LogP contribution >= 0.6 is 11.8 Å². The average Bonchev–Trinajstić information content (AvgIpc) is 2.30. The molecule has 1 fully saturated rings. The lowest BCUT2D eigenvalue weighted by atomic mass is 10.2. The van der Waals surface area contributed by atoms with Crippen molar-refractivity contribution in [2.75, 3.05) is 5.75 Å². The summed E-state index contributed by atoms with van der Waals surface area (Å²) in [5, 5.41) is 5.02. The summed E-state index contributed by atoms with van der Waals surface area (Å²) in [5.74, 6) is 0.540. The van der Waals surface area contributed by atoms with E-state index in [9.17, 15) is 9.59 Å². The highest BCUT2D eigenvalue weighted by molar-refractivity contribution is 8.13. The third kappa shape index (κ3) is 3.87. The minimum Gasteiger partial charge on any atom is -0.444 e. The molecule has 0 aliphatic carbocycles. The number of thioether (sulfide) groups is 1. The van der Waals surface area contributed by atoms with E-state index >= 15 is 0 Å². The molecular formula is C8H14N2O3S. The number of alkyl carbamates (subject to hydrolysis) is 1. The zero-order chi connectivity index (χ0) is 10.8. The van der Waals surface area contributed by atoms with Crippen LogP contribution in [0.4, 0.5) is 9.59 Å². The lowest BCUT2D eigenvalue weighted by Crippen LogP contribution is -2.45. The first-order valence-electron chi connectivity index (χ1n) is 4.29. The number of carbonyl (C=O) groups excluding carboxylic acids is 2. The molecule has 2 amide bonds. The largest absolute Gasteiger partial charge is 0.444 e. The highest BCUT2D eigenvalue weighted by atomic mass is 32.2. The molecule has 1 aliphatic rings. The second-order valence-corrected chi connectivity index (χ2v) is 4.93. The van der Waals surface area contributed by atoms with Crippen LogP contribution in [0, 0.1) is 0 Å². The van der Waals surface area contributed by atoms with Crippen LogP contribution in [0.15, 0.2) is 0 Å². The standard InChI is InChI=1S/C8H14N2O3S/c1-8(2,3)13-6(11)9-5-4-14-7(12)10-5/h5H,4H2,1-3H3,(H,9,11)(H,10,12). The quantitative estimate of drug-likeness (QED) is 0.696. The third-order valence-electron chi connectivity index (χ3n) is 1.36. The molecule has 1 aliphatic heterocycles. The molecule has 1 atom stereocenters. The van der Waals surface area contributed by atoms with Crippen LogP contribution in [-0.2, 0) is 4.74 Å². The van der Waals surface area contributed by atoms with E-state index in [0.29, 0.717) is 5.75 Å². The van der Waals surface area contributed by atoms with Gasteiger partial charge in [0.15, 0.2) is 0 Å². The molecule has 14 heavy (non-hydrogen) atoms. The van der Waals surface area contributed by atoms with E-state index in [2.05, 4.69) is 10.6 Å². The van der Waals surface area contributed by atoms with Crippen molar-refractivity contribution in [3.05, 3.63) is 0 Å². The number of rotatable bonds is 1. The van der Waals surface area contributed by atoms with E-state index in [1.807, 2.05) is 0 Å². The van der Waals surface area contributed by atoms with Crippen LogP contribution in [-0.4, -0.2) is 28.9 Å². The van der Waals surface area contributed by atoms with Gasteiger partial charge in [-0.25, -0.2) is 4.79 Å². The highest BCUT2D eigenvalue weighted by Gasteiger charge is 2.25. The summed E-state index contributed by atoms with van der Waals surface area (Å²) in [6.07, 6.45) is -0.826. The molecule has 1 unspecified atom stereocenters. The molecule has 0 aromatic heterocycles. The summed E-state index contributed by atoms with van der Waals surface area (Å²) in [6.45, 7) is 5.36. The SMILES string of the molecule is CC(C)(C)OC(=O)NC1CSC(=O)N1. The van der Waals surface area contributed by atoms with Gasteiger partial charge >= 0.3 is 6.09 Å². The maximum absolute atomic E-state index is 11.2. The Morgan fingerprint density at radius 2 is 2.29 bits per heavy atom. The van der Waals surface area contributed by atoms with Gasteiger partial charge < -0.3 is 15.4 Å². The number of ether oxygens (including phenoxy) is 1. The van der Waals surface area contributed by atoms with Crippen LogP contribution in [0.1, 0.15) is 20.8 Å². The lowest BCUT2D eigenvalue weighted by molar-refractivity contribution is 0.0506. The minimum absolute atomic E-state index is 0.119. The molecule has 6 heteroatoms. The zero-order valence-corrected chi connectivity index (χ0v) is 9.23. The van der Waals surface area contributed by atoms with Crippen molar-refractivity contribution < 1.29 is 14.3 Å². The highest BCUT2D eigenvalue weighted by Crippen LogP contribution is 2.12. The Kier molecular flexibility index (Phi) is 3.25. The Hall–Kier alpha value is -0.910. The monoisotopic (exact) mass is 218 g/mol. The number of carbonyl (C=O) groups is 2. The first-order chi connectivity index (χ1) is 6.37. The maximum atomic E-state index is 11.2. The zero-order valence-electron chi connectivity index (χ0n) is 8.42. The van der Waals surface area contributed by atoms with Gasteiger partial charge in [0.2, 0.25) is 0 Å². The molecule has 1 heterocycles. The van der Waals surface area contributed by atoms with Crippen molar-refractivity contribution in [1.82, 2.24) is 10.6 Å². The van der Waals surface area contributed by atoms with E-state index in [0.717, 1.165) is 11.8 Å².